The van der Waals surface area contributed by atoms with Gasteiger partial charge in [-0.3, -0.25) is 0 Å². The van der Waals surface area contributed by atoms with Gasteiger partial charge in [-0.25, -0.2) is 22.5 Å². The van der Waals surface area contributed by atoms with Crippen LogP contribution in [0.2, 0.25) is 0 Å². The molecule has 0 bridgehead atoms. The van der Waals surface area contributed by atoms with Gasteiger partial charge in [0.15, 0.2) is 0 Å². The van der Waals surface area contributed by atoms with E-state index in [1.165, 1.54) is 29.5 Å². The molecule has 0 aliphatic heterocycles. The lowest BCUT2D eigenvalue weighted by Crippen LogP contribution is -2.23. The van der Waals surface area contributed by atoms with Crippen LogP contribution in [0.4, 0.5) is 4.39 Å². The van der Waals surface area contributed by atoms with Crippen molar-refractivity contribution in [2.75, 3.05) is 0 Å². The third kappa shape index (κ3) is 3.66. The minimum absolute atomic E-state index is 0.0850. The summed E-state index contributed by atoms with van der Waals surface area (Å²) in [5.41, 5.74) is 0.792. The molecule has 0 amide bonds. The maximum absolute atomic E-state index is 13.2. The highest BCUT2D eigenvalue weighted by atomic mass is 32.2. The van der Waals surface area contributed by atoms with Gasteiger partial charge in [0.05, 0.1) is 15.5 Å². The van der Waals surface area contributed by atoms with Crippen LogP contribution in [0.1, 0.15) is 10.6 Å². The molecule has 0 saturated carbocycles. The van der Waals surface area contributed by atoms with Crippen molar-refractivity contribution in [3.63, 3.8) is 0 Å². The van der Waals surface area contributed by atoms with E-state index in [4.69, 9.17) is 0 Å². The van der Waals surface area contributed by atoms with Crippen LogP contribution in [0.25, 0.3) is 9.88 Å². The molecule has 0 atom stereocenters. The first-order valence-electron chi connectivity index (χ1n) is 6.71. The van der Waals surface area contributed by atoms with E-state index in [2.05, 4.69) is 9.71 Å². The number of aryl methyl sites for hydroxylation is 1. The number of thiazole rings is 1. The molecule has 0 spiro atoms. The van der Waals surface area contributed by atoms with Crippen molar-refractivity contribution in [1.82, 2.24) is 9.71 Å². The molecular formula is C15H13FN2O2S3. The molecule has 0 aliphatic rings. The average Bonchev–Trinajstić information content (AvgIpc) is 3.15. The van der Waals surface area contributed by atoms with Crippen LogP contribution in [-0.4, -0.2) is 13.4 Å². The number of halogens is 1. The maximum Gasteiger partial charge on any atom is 0.241 e. The summed E-state index contributed by atoms with van der Waals surface area (Å²) in [6, 6.07) is 8.87. The molecule has 23 heavy (non-hydrogen) atoms. The van der Waals surface area contributed by atoms with Gasteiger partial charge in [-0.1, -0.05) is 12.1 Å². The summed E-state index contributed by atoms with van der Waals surface area (Å²) in [4.78, 5) is 6.28. The molecule has 2 aromatic heterocycles. The van der Waals surface area contributed by atoms with Crippen molar-refractivity contribution >= 4 is 32.7 Å². The summed E-state index contributed by atoms with van der Waals surface area (Å²) in [5.74, 6) is -0.582. The molecule has 2 heterocycles. The Morgan fingerprint density at radius 1 is 1.26 bits per heavy atom. The zero-order valence-corrected chi connectivity index (χ0v) is 14.6. The second kappa shape index (κ2) is 6.48. The van der Waals surface area contributed by atoms with Crippen molar-refractivity contribution in [2.24, 2.45) is 0 Å². The SMILES string of the molecule is Cc1nc(-c2cccs2)sc1CNS(=O)(=O)c1cccc(F)c1. The van der Waals surface area contributed by atoms with E-state index >= 15 is 0 Å². The number of thiophene rings is 1. The van der Waals surface area contributed by atoms with E-state index in [-0.39, 0.29) is 11.4 Å². The highest BCUT2D eigenvalue weighted by molar-refractivity contribution is 7.89. The van der Waals surface area contributed by atoms with E-state index in [1.54, 1.807) is 11.3 Å². The lowest BCUT2D eigenvalue weighted by molar-refractivity contribution is 0.577. The van der Waals surface area contributed by atoms with Crippen LogP contribution in [0.5, 0.6) is 0 Å². The molecule has 3 aromatic rings. The molecule has 0 unspecified atom stereocenters. The molecule has 0 radical (unpaired) electrons. The van der Waals surface area contributed by atoms with E-state index in [9.17, 15) is 12.8 Å². The van der Waals surface area contributed by atoms with Gasteiger partial charge >= 0.3 is 0 Å². The Morgan fingerprint density at radius 3 is 2.78 bits per heavy atom. The van der Waals surface area contributed by atoms with Gasteiger partial charge in [0.25, 0.3) is 0 Å². The minimum atomic E-state index is -3.75. The second-order valence-electron chi connectivity index (χ2n) is 4.79. The number of nitrogens with zero attached hydrogens (tertiary/aromatic N) is 1. The van der Waals surface area contributed by atoms with E-state index in [0.29, 0.717) is 0 Å². The fourth-order valence-corrected chi connectivity index (χ4v) is 4.89. The first-order valence-corrected chi connectivity index (χ1v) is 9.89. The summed E-state index contributed by atoms with van der Waals surface area (Å²) >= 11 is 3.04. The minimum Gasteiger partial charge on any atom is -0.240 e. The smallest absolute Gasteiger partial charge is 0.240 e. The number of hydrogen-bond donors (Lipinski definition) is 1. The number of nitrogens with one attached hydrogen (secondary N) is 1. The van der Waals surface area contributed by atoms with Gasteiger partial charge in [0, 0.05) is 11.4 Å². The summed E-state index contributed by atoms with van der Waals surface area (Å²) in [5, 5.41) is 2.84. The summed E-state index contributed by atoms with van der Waals surface area (Å²) < 4.78 is 40.1. The zero-order valence-electron chi connectivity index (χ0n) is 12.1. The second-order valence-corrected chi connectivity index (χ2v) is 8.59. The lowest BCUT2D eigenvalue weighted by Gasteiger charge is -2.06. The van der Waals surface area contributed by atoms with Gasteiger partial charge in [0.2, 0.25) is 10.0 Å². The molecule has 4 nitrogen and oxygen atoms in total. The largest absolute Gasteiger partial charge is 0.241 e. The highest BCUT2D eigenvalue weighted by Gasteiger charge is 2.17. The van der Waals surface area contributed by atoms with Crippen LogP contribution in [-0.2, 0) is 16.6 Å². The number of rotatable bonds is 5. The normalized spacial score (nSPS) is 11.7. The first kappa shape index (κ1) is 16.3. The van der Waals surface area contributed by atoms with E-state index in [1.807, 2.05) is 24.4 Å². The molecule has 3 rings (SSSR count). The van der Waals surface area contributed by atoms with Crippen molar-refractivity contribution < 1.29 is 12.8 Å². The molecule has 0 aliphatic carbocycles. The Labute approximate surface area is 141 Å². The summed E-state index contributed by atoms with van der Waals surface area (Å²) in [7, 11) is -3.75. The fourth-order valence-electron chi connectivity index (χ4n) is 1.98. The third-order valence-corrected chi connectivity index (χ3v) is 6.75. The van der Waals surface area contributed by atoms with E-state index in [0.717, 1.165) is 26.5 Å². The molecule has 1 aromatic carbocycles. The quantitative estimate of drug-likeness (QED) is 0.745. The van der Waals surface area contributed by atoms with Crippen LogP contribution >= 0.6 is 22.7 Å². The Kier molecular flexibility index (Phi) is 4.58. The molecular weight excluding hydrogens is 355 g/mol. The van der Waals surface area contributed by atoms with Gasteiger partial charge in [-0.05, 0) is 36.6 Å². The summed E-state index contributed by atoms with van der Waals surface area (Å²) in [6.45, 7) is 1.98. The van der Waals surface area contributed by atoms with Crippen LogP contribution in [0.3, 0.4) is 0 Å². The molecule has 120 valence electrons. The Morgan fingerprint density at radius 2 is 2.09 bits per heavy atom. The summed E-state index contributed by atoms with van der Waals surface area (Å²) in [6.07, 6.45) is 0. The topological polar surface area (TPSA) is 59.1 Å². The molecule has 0 saturated heterocycles. The monoisotopic (exact) mass is 368 g/mol. The van der Waals surface area contributed by atoms with Gasteiger partial charge in [0.1, 0.15) is 10.8 Å². The lowest BCUT2D eigenvalue weighted by atomic mass is 10.4. The van der Waals surface area contributed by atoms with Crippen LogP contribution in [0.15, 0.2) is 46.7 Å². The Bertz CT molecular complexity index is 918. The van der Waals surface area contributed by atoms with Crippen molar-refractivity contribution in [2.45, 2.75) is 18.4 Å². The molecule has 0 fully saturated rings. The Hall–Kier alpha value is -1.61. The molecule has 1 N–H and O–H groups in total. The number of benzene rings is 1. The Balaban J connectivity index is 1.78. The van der Waals surface area contributed by atoms with Crippen LogP contribution < -0.4 is 4.72 Å². The zero-order chi connectivity index (χ0) is 16.4. The first-order chi connectivity index (χ1) is 11.0. The predicted octanol–water partition coefficient (Wildman–Crippen LogP) is 3.80. The van der Waals surface area contributed by atoms with Crippen LogP contribution in [0, 0.1) is 12.7 Å². The van der Waals surface area contributed by atoms with Gasteiger partial charge < -0.3 is 0 Å². The number of sulfonamides is 1. The van der Waals surface area contributed by atoms with E-state index < -0.39 is 15.8 Å². The van der Waals surface area contributed by atoms with Gasteiger partial charge in [-0.2, -0.15) is 0 Å². The van der Waals surface area contributed by atoms with Crippen molar-refractivity contribution in [3.8, 4) is 9.88 Å². The fraction of sp³-hybridized carbons (Fsp3) is 0.133. The molecule has 8 heteroatoms. The predicted molar refractivity (Wildman–Crippen MR) is 90.6 cm³/mol. The van der Waals surface area contributed by atoms with Gasteiger partial charge in [-0.15, -0.1) is 22.7 Å². The highest BCUT2D eigenvalue weighted by Crippen LogP contribution is 2.31. The third-order valence-electron chi connectivity index (χ3n) is 3.15. The average molecular weight is 368 g/mol. The van der Waals surface area contributed by atoms with Crippen molar-refractivity contribution in [3.05, 3.63) is 58.2 Å². The number of hydrogen-bond acceptors (Lipinski definition) is 5. The standard InChI is InChI=1S/C15H13FN2O2S3/c1-10-14(22-15(18-10)13-6-3-7-21-13)9-17-23(19,20)12-5-2-4-11(16)8-12/h2-8,17H,9H2,1H3. The maximum atomic E-state index is 13.2. The number of aromatic nitrogens is 1. The van der Waals surface area contributed by atoms with Crippen molar-refractivity contribution in [1.29, 1.82) is 0 Å².